The van der Waals surface area contributed by atoms with Gasteiger partial charge in [-0.1, -0.05) is 68.7 Å². The molecular weight excluding hydrogens is 284 g/mol. The summed E-state index contributed by atoms with van der Waals surface area (Å²) in [7, 11) is -1.44. The summed E-state index contributed by atoms with van der Waals surface area (Å²) in [6.45, 7) is 14.2. The third-order valence-corrected chi connectivity index (χ3v) is 7.88. The minimum atomic E-state index is -1.44. The summed E-state index contributed by atoms with van der Waals surface area (Å²) >= 11 is 0. The zero-order valence-electron chi connectivity index (χ0n) is 14.3. The molecule has 0 radical (unpaired) electrons. The molecule has 1 N–H and O–H groups in total. The van der Waals surface area contributed by atoms with Crippen LogP contribution in [-0.4, -0.2) is 19.3 Å². The van der Waals surface area contributed by atoms with E-state index in [4.69, 9.17) is 0 Å². The van der Waals surface area contributed by atoms with Crippen molar-refractivity contribution < 1.29 is 5.11 Å². The second kappa shape index (κ2) is 5.21. The van der Waals surface area contributed by atoms with E-state index in [1.165, 1.54) is 16.7 Å². The predicted octanol–water partition coefficient (Wildman–Crippen LogP) is 5.05. The average molecular weight is 313 g/mol. The van der Waals surface area contributed by atoms with Crippen LogP contribution >= 0.6 is 0 Å². The number of aliphatic hydroxyl groups is 1. The number of hydrogen-bond donors (Lipinski definition) is 1. The van der Waals surface area contributed by atoms with Crippen molar-refractivity contribution in [2.24, 2.45) is 11.3 Å². The first-order valence-electron chi connectivity index (χ1n) is 8.39. The van der Waals surface area contributed by atoms with Gasteiger partial charge in [-0.3, -0.25) is 0 Å². The smallest absolute Gasteiger partial charge is 0.0732 e. The Hall–Kier alpha value is -1.12. The molecule has 2 aliphatic rings. The fourth-order valence-corrected chi connectivity index (χ4v) is 6.53. The molecule has 1 unspecified atom stereocenters. The molecule has 3 rings (SSSR count). The van der Waals surface area contributed by atoms with Gasteiger partial charge in [-0.25, -0.2) is 0 Å². The maximum atomic E-state index is 10.2. The van der Waals surface area contributed by atoms with Crippen LogP contribution < -0.4 is 0 Å². The van der Waals surface area contributed by atoms with Gasteiger partial charge in [-0.15, -0.1) is 0 Å². The molecule has 1 aromatic rings. The Balaban J connectivity index is 2.17. The number of allylic oxidation sites excluding steroid dienone is 3. The van der Waals surface area contributed by atoms with E-state index in [-0.39, 0.29) is 11.5 Å². The van der Waals surface area contributed by atoms with Gasteiger partial charge < -0.3 is 5.11 Å². The lowest BCUT2D eigenvalue weighted by Gasteiger charge is -2.44. The summed E-state index contributed by atoms with van der Waals surface area (Å²) in [6, 6.07) is 10.8. The summed E-state index contributed by atoms with van der Waals surface area (Å²) in [4.78, 5) is 0. The molecule has 1 fully saturated rings. The zero-order chi connectivity index (χ0) is 16.1. The third-order valence-electron chi connectivity index (χ3n) is 5.64. The molecule has 2 aliphatic carbocycles. The van der Waals surface area contributed by atoms with Crippen LogP contribution in [0.3, 0.4) is 0 Å². The maximum absolute atomic E-state index is 10.2. The number of rotatable bonds is 2. The molecule has 0 aliphatic heterocycles. The van der Waals surface area contributed by atoms with Gasteiger partial charge in [0.1, 0.15) is 0 Å². The standard InChI is InChI=1S/C20H28OSi/c1-14-17-11-16(21)12-20(17,2)13-18(22(3,4)5)19(14)15-9-7-6-8-10-15/h6-10,16-17,21H,1,11-13H2,2-5H3/t16-,17?,20+/m1/s1. The number of hydrogen-bond acceptors (Lipinski definition) is 1. The van der Waals surface area contributed by atoms with Gasteiger partial charge in [0.2, 0.25) is 0 Å². The molecule has 3 atom stereocenters. The fraction of sp³-hybridized carbons (Fsp3) is 0.500. The molecule has 0 heterocycles. The Labute approximate surface area is 135 Å². The van der Waals surface area contributed by atoms with Crippen LogP contribution in [0.2, 0.25) is 19.6 Å². The van der Waals surface area contributed by atoms with Crippen molar-refractivity contribution in [3.05, 3.63) is 53.2 Å². The lowest BCUT2D eigenvalue weighted by atomic mass is 9.67. The third kappa shape index (κ3) is 2.53. The highest BCUT2D eigenvalue weighted by Gasteiger charge is 2.50. The fourth-order valence-electron chi connectivity index (χ4n) is 4.54. The summed E-state index contributed by atoms with van der Waals surface area (Å²) in [5.74, 6) is 0.429. The monoisotopic (exact) mass is 312 g/mol. The van der Waals surface area contributed by atoms with E-state index in [1.54, 1.807) is 5.20 Å². The van der Waals surface area contributed by atoms with Crippen molar-refractivity contribution in [2.45, 2.75) is 51.9 Å². The van der Waals surface area contributed by atoms with E-state index < -0.39 is 8.07 Å². The van der Waals surface area contributed by atoms with E-state index in [0.29, 0.717) is 5.92 Å². The van der Waals surface area contributed by atoms with Gasteiger partial charge in [0, 0.05) is 0 Å². The zero-order valence-corrected chi connectivity index (χ0v) is 15.3. The first kappa shape index (κ1) is 15.8. The van der Waals surface area contributed by atoms with Crippen molar-refractivity contribution >= 4 is 13.6 Å². The first-order valence-corrected chi connectivity index (χ1v) is 11.9. The van der Waals surface area contributed by atoms with Crippen molar-refractivity contribution in [1.82, 2.24) is 0 Å². The molecule has 0 bridgehead atoms. The van der Waals surface area contributed by atoms with Crippen LogP contribution in [0.25, 0.3) is 5.57 Å². The second-order valence-electron chi connectivity index (χ2n) is 8.47. The molecule has 0 saturated heterocycles. The molecular formula is C20H28OSi. The van der Waals surface area contributed by atoms with E-state index in [2.05, 4.69) is 63.5 Å². The second-order valence-corrected chi connectivity index (χ2v) is 13.6. The molecule has 118 valence electrons. The Kier molecular flexibility index (Phi) is 3.73. The quantitative estimate of drug-likeness (QED) is 0.757. The summed E-state index contributed by atoms with van der Waals surface area (Å²) in [5.41, 5.74) is 4.20. The van der Waals surface area contributed by atoms with Gasteiger partial charge in [0.15, 0.2) is 0 Å². The minimum Gasteiger partial charge on any atom is -0.393 e. The highest BCUT2D eigenvalue weighted by molar-refractivity contribution is 6.84. The minimum absolute atomic E-state index is 0.162. The molecule has 2 heteroatoms. The van der Waals surface area contributed by atoms with E-state index in [0.717, 1.165) is 19.3 Å². The lowest BCUT2D eigenvalue weighted by Crippen LogP contribution is -2.37. The average Bonchev–Trinajstić information content (AvgIpc) is 2.74. The molecule has 0 spiro atoms. The molecule has 0 aromatic heterocycles. The normalized spacial score (nSPS) is 32.3. The van der Waals surface area contributed by atoms with Crippen LogP contribution in [0, 0.1) is 11.3 Å². The molecule has 0 amide bonds. The topological polar surface area (TPSA) is 20.2 Å². The first-order chi connectivity index (χ1) is 10.2. The van der Waals surface area contributed by atoms with E-state index in [1.807, 2.05) is 0 Å². The van der Waals surface area contributed by atoms with Gasteiger partial charge in [-0.2, -0.15) is 0 Å². The molecule has 1 nitrogen and oxygen atoms in total. The molecule has 1 aromatic carbocycles. The molecule has 1 saturated carbocycles. The number of benzene rings is 1. The van der Waals surface area contributed by atoms with Crippen molar-refractivity contribution in [2.75, 3.05) is 0 Å². The van der Waals surface area contributed by atoms with Crippen LogP contribution in [0.4, 0.5) is 0 Å². The van der Waals surface area contributed by atoms with Gasteiger partial charge in [-0.05, 0) is 47.3 Å². The Morgan fingerprint density at radius 3 is 2.41 bits per heavy atom. The van der Waals surface area contributed by atoms with Crippen molar-refractivity contribution in [3.8, 4) is 0 Å². The SMILES string of the molecule is C=C1C(c2ccccc2)=C([Si](C)(C)C)C[C@]2(C)C[C@H](O)CC12. The Bertz CT molecular complexity index is 623. The summed E-state index contributed by atoms with van der Waals surface area (Å²) < 4.78 is 0. The van der Waals surface area contributed by atoms with Crippen molar-refractivity contribution in [3.63, 3.8) is 0 Å². The summed E-state index contributed by atoms with van der Waals surface area (Å²) in [6.07, 6.45) is 2.77. The largest absolute Gasteiger partial charge is 0.393 e. The maximum Gasteiger partial charge on any atom is 0.0732 e. The van der Waals surface area contributed by atoms with Crippen LogP contribution in [-0.2, 0) is 0 Å². The molecule has 22 heavy (non-hydrogen) atoms. The van der Waals surface area contributed by atoms with Crippen molar-refractivity contribution in [1.29, 1.82) is 0 Å². The lowest BCUT2D eigenvalue weighted by molar-refractivity contribution is 0.163. The number of fused-ring (bicyclic) bond motifs is 1. The van der Waals surface area contributed by atoms with Gasteiger partial charge in [0.25, 0.3) is 0 Å². The Morgan fingerprint density at radius 1 is 1.18 bits per heavy atom. The number of aliphatic hydroxyl groups excluding tert-OH is 1. The van der Waals surface area contributed by atoms with E-state index >= 15 is 0 Å². The van der Waals surface area contributed by atoms with Crippen LogP contribution in [0.5, 0.6) is 0 Å². The van der Waals surface area contributed by atoms with Crippen LogP contribution in [0.1, 0.15) is 31.7 Å². The van der Waals surface area contributed by atoms with Gasteiger partial charge >= 0.3 is 0 Å². The highest BCUT2D eigenvalue weighted by atomic mass is 28.3. The highest BCUT2D eigenvalue weighted by Crippen LogP contribution is 2.58. The van der Waals surface area contributed by atoms with Crippen LogP contribution in [0.15, 0.2) is 47.7 Å². The summed E-state index contributed by atoms with van der Waals surface area (Å²) in [5, 5.41) is 11.9. The Morgan fingerprint density at radius 2 is 1.82 bits per heavy atom. The van der Waals surface area contributed by atoms with Gasteiger partial charge in [0.05, 0.1) is 14.2 Å². The predicted molar refractivity (Wildman–Crippen MR) is 97.3 cm³/mol. The van der Waals surface area contributed by atoms with E-state index in [9.17, 15) is 5.11 Å².